The number of rotatable bonds is 4. The van der Waals surface area contributed by atoms with Crippen LogP contribution in [0.1, 0.15) is 22.3 Å². The largest absolute Gasteiger partial charge is 0.476 e. The van der Waals surface area contributed by atoms with E-state index in [0.29, 0.717) is 9.37 Å². The number of fused-ring (bicyclic) bond motifs is 1. The number of pyridine rings is 1. The van der Waals surface area contributed by atoms with E-state index in [1.54, 1.807) is 6.07 Å². The van der Waals surface area contributed by atoms with Gasteiger partial charge >= 0.3 is 5.97 Å². The molecule has 4 rings (SSSR count). The smallest absolute Gasteiger partial charge is 0.355 e. The third-order valence-electron chi connectivity index (χ3n) is 4.76. The molecule has 2 fully saturated rings. The van der Waals surface area contributed by atoms with Gasteiger partial charge in [0.1, 0.15) is 23.7 Å². The number of thioether (sulfide) groups is 1. The number of hydrogen-bond donors (Lipinski definition) is 3. The van der Waals surface area contributed by atoms with E-state index >= 15 is 0 Å². The Kier molecular flexibility index (Phi) is 6.21. The molecule has 1 aromatic carbocycles. The zero-order valence-corrected chi connectivity index (χ0v) is 17.5. The van der Waals surface area contributed by atoms with Crippen molar-refractivity contribution in [1.29, 1.82) is 0 Å². The number of aliphatic hydroxyl groups excluding tert-OH is 1. The number of halogens is 1. The molecule has 3 heterocycles. The van der Waals surface area contributed by atoms with Crippen molar-refractivity contribution in [2.75, 3.05) is 6.61 Å². The Morgan fingerprint density at radius 2 is 2.03 bits per heavy atom. The normalized spacial score (nSPS) is 31.8. The first kappa shape index (κ1) is 20.7. The molecule has 2 aliphatic rings. The summed E-state index contributed by atoms with van der Waals surface area (Å²) in [5, 5.41) is 20.1. The number of carboxylic acid groups (broad SMARTS) is 1. The topological polar surface area (TPSA) is 124 Å². The van der Waals surface area contributed by atoms with Crippen LogP contribution in [0.3, 0.4) is 0 Å². The molecule has 0 bridgehead atoms. The van der Waals surface area contributed by atoms with E-state index in [9.17, 15) is 15.0 Å². The maximum Gasteiger partial charge on any atom is 0.355 e. The third kappa shape index (κ3) is 4.33. The summed E-state index contributed by atoms with van der Waals surface area (Å²) in [4.78, 5) is 15.7. The van der Waals surface area contributed by atoms with Crippen LogP contribution in [-0.2, 0) is 14.2 Å². The van der Waals surface area contributed by atoms with Crippen molar-refractivity contribution in [2.45, 2.75) is 41.0 Å². The van der Waals surface area contributed by atoms with Gasteiger partial charge in [-0.1, -0.05) is 42.1 Å². The number of aromatic nitrogens is 1. The highest BCUT2D eigenvalue weighted by Gasteiger charge is 2.48. The minimum Gasteiger partial charge on any atom is -0.476 e. The van der Waals surface area contributed by atoms with E-state index in [1.165, 1.54) is 6.20 Å². The first-order valence-corrected chi connectivity index (χ1v) is 10.6. The molecule has 10 heteroatoms. The van der Waals surface area contributed by atoms with Crippen LogP contribution in [0.5, 0.6) is 0 Å². The Balaban J connectivity index is 1.50. The van der Waals surface area contributed by atoms with Crippen LogP contribution in [0.25, 0.3) is 0 Å². The quantitative estimate of drug-likeness (QED) is 0.600. The summed E-state index contributed by atoms with van der Waals surface area (Å²) in [5.41, 5.74) is 6.23. The fourth-order valence-electron chi connectivity index (χ4n) is 3.31. The van der Waals surface area contributed by atoms with Gasteiger partial charge < -0.3 is 30.2 Å². The van der Waals surface area contributed by atoms with Gasteiger partial charge in [-0.25, -0.2) is 9.78 Å². The number of carbonyl (C=O) groups is 1. The number of hydrogen-bond acceptors (Lipinski definition) is 8. The molecule has 1 aromatic heterocycles. The van der Waals surface area contributed by atoms with Gasteiger partial charge in [-0.2, -0.15) is 0 Å². The second-order valence-electron chi connectivity index (χ2n) is 6.71. The molecule has 2 aliphatic heterocycles. The number of benzene rings is 1. The summed E-state index contributed by atoms with van der Waals surface area (Å²) >= 11 is 4.35. The molecule has 6 unspecified atom stereocenters. The molecular formula is C19H19BrN2O6S. The predicted octanol–water partition coefficient (Wildman–Crippen LogP) is 2.16. The fraction of sp³-hybridized carbons (Fsp3) is 0.368. The van der Waals surface area contributed by atoms with Gasteiger partial charge in [0.15, 0.2) is 12.0 Å². The molecule has 4 N–H and O–H groups in total. The fourth-order valence-corrected chi connectivity index (χ4v) is 5.01. The van der Waals surface area contributed by atoms with Gasteiger partial charge in [0.25, 0.3) is 0 Å². The van der Waals surface area contributed by atoms with Crippen LogP contribution in [0.4, 0.5) is 0 Å². The predicted molar refractivity (Wildman–Crippen MR) is 107 cm³/mol. The van der Waals surface area contributed by atoms with Crippen molar-refractivity contribution in [3.05, 3.63) is 58.3 Å². The zero-order valence-electron chi connectivity index (χ0n) is 15.1. The van der Waals surface area contributed by atoms with E-state index in [1.807, 2.05) is 30.3 Å². The van der Waals surface area contributed by atoms with Gasteiger partial charge in [-0.05, 0) is 22.0 Å². The van der Waals surface area contributed by atoms with Crippen molar-refractivity contribution in [2.24, 2.45) is 5.73 Å². The lowest BCUT2D eigenvalue weighted by Crippen LogP contribution is -2.64. The Morgan fingerprint density at radius 1 is 1.28 bits per heavy atom. The molecule has 0 spiro atoms. The molecular weight excluding hydrogens is 464 g/mol. The summed E-state index contributed by atoms with van der Waals surface area (Å²) < 4.78 is 18.4. The van der Waals surface area contributed by atoms with Crippen LogP contribution in [-0.4, -0.2) is 57.6 Å². The van der Waals surface area contributed by atoms with Crippen LogP contribution >= 0.6 is 27.7 Å². The lowest BCUT2D eigenvalue weighted by atomic mass is 9.97. The minimum atomic E-state index is -1.16. The van der Waals surface area contributed by atoms with Crippen molar-refractivity contribution < 1.29 is 29.2 Å². The molecule has 0 saturated carbocycles. The van der Waals surface area contributed by atoms with Gasteiger partial charge in [-0.15, -0.1) is 0 Å². The molecule has 29 heavy (non-hydrogen) atoms. The Bertz CT molecular complexity index is 886. The monoisotopic (exact) mass is 482 g/mol. The summed E-state index contributed by atoms with van der Waals surface area (Å²) in [7, 11) is 0. The van der Waals surface area contributed by atoms with Crippen LogP contribution < -0.4 is 5.73 Å². The van der Waals surface area contributed by atoms with Crippen LogP contribution in [0.2, 0.25) is 0 Å². The molecule has 2 saturated heterocycles. The molecule has 0 aliphatic carbocycles. The van der Waals surface area contributed by atoms with Crippen molar-refractivity contribution in [1.82, 2.24) is 4.98 Å². The average Bonchev–Trinajstić information content (AvgIpc) is 2.72. The van der Waals surface area contributed by atoms with E-state index in [0.717, 1.165) is 17.3 Å². The molecule has 0 radical (unpaired) electrons. The standard InChI is InChI=1S/C19H19BrN2O6S/c20-10-6-12(14(17(24)25)22-7-10)29-19-15(23)13(21)16-11(27-19)8-26-18(28-16)9-4-2-1-3-5-9/h1-7,11,13,15-16,18-19,23H,8,21H2,(H,24,25). The number of aliphatic hydroxyl groups is 1. The highest BCUT2D eigenvalue weighted by atomic mass is 79.9. The van der Waals surface area contributed by atoms with E-state index < -0.39 is 42.0 Å². The Morgan fingerprint density at radius 3 is 2.76 bits per heavy atom. The van der Waals surface area contributed by atoms with Crippen LogP contribution in [0, 0.1) is 0 Å². The number of nitrogens with two attached hydrogens (primary N) is 1. The minimum absolute atomic E-state index is 0.120. The van der Waals surface area contributed by atoms with Gasteiger partial charge in [-0.3, -0.25) is 0 Å². The lowest BCUT2D eigenvalue weighted by molar-refractivity contribution is -0.297. The number of ether oxygens (including phenoxy) is 3. The van der Waals surface area contributed by atoms with E-state index in [2.05, 4.69) is 20.9 Å². The Labute approximate surface area is 179 Å². The Hall–Kier alpha value is -1.53. The molecule has 6 atom stereocenters. The number of aromatic carboxylic acids is 1. The molecule has 0 amide bonds. The molecule has 8 nitrogen and oxygen atoms in total. The highest BCUT2D eigenvalue weighted by molar-refractivity contribution is 9.10. The summed E-state index contributed by atoms with van der Waals surface area (Å²) in [6, 6.07) is 10.4. The zero-order chi connectivity index (χ0) is 20.5. The molecule has 2 aromatic rings. The van der Waals surface area contributed by atoms with Crippen molar-refractivity contribution in [3.8, 4) is 0 Å². The number of nitrogens with zero attached hydrogens (tertiary/aromatic N) is 1. The second-order valence-corrected chi connectivity index (χ2v) is 8.77. The maximum absolute atomic E-state index is 11.5. The summed E-state index contributed by atoms with van der Waals surface area (Å²) in [6.07, 6.45) is -1.30. The summed E-state index contributed by atoms with van der Waals surface area (Å²) in [6.45, 7) is 0.240. The third-order valence-corrected chi connectivity index (χ3v) is 6.38. The number of carboxylic acids is 1. The molecule has 154 valence electrons. The first-order chi connectivity index (χ1) is 13.9. The van der Waals surface area contributed by atoms with Crippen molar-refractivity contribution >= 4 is 33.7 Å². The lowest BCUT2D eigenvalue weighted by Gasteiger charge is -2.47. The van der Waals surface area contributed by atoms with Gasteiger partial charge in [0, 0.05) is 21.1 Å². The first-order valence-electron chi connectivity index (χ1n) is 8.90. The van der Waals surface area contributed by atoms with Crippen molar-refractivity contribution in [3.63, 3.8) is 0 Å². The van der Waals surface area contributed by atoms with E-state index in [4.69, 9.17) is 19.9 Å². The van der Waals surface area contributed by atoms with Gasteiger partial charge in [0.2, 0.25) is 0 Å². The van der Waals surface area contributed by atoms with Crippen LogP contribution in [0.15, 0.2) is 52.0 Å². The van der Waals surface area contributed by atoms with Gasteiger partial charge in [0.05, 0.1) is 12.6 Å². The van der Waals surface area contributed by atoms with E-state index in [-0.39, 0.29) is 12.3 Å². The maximum atomic E-state index is 11.5. The average molecular weight is 483 g/mol. The highest BCUT2D eigenvalue weighted by Crippen LogP contribution is 2.39. The second kappa shape index (κ2) is 8.68. The SMILES string of the molecule is NC1C(O)C(Sc2cc(Br)cnc2C(=O)O)OC2COC(c3ccccc3)OC21. The summed E-state index contributed by atoms with van der Waals surface area (Å²) in [5.74, 6) is -1.16.